The summed E-state index contributed by atoms with van der Waals surface area (Å²) in [6.07, 6.45) is 2.44. The fourth-order valence-corrected chi connectivity index (χ4v) is 2.68. The first kappa shape index (κ1) is 9.25. The molecule has 1 aromatic rings. The Morgan fingerprint density at radius 3 is 2.93 bits per heavy atom. The Kier molecular flexibility index (Phi) is 1.85. The molecular weight excluding hydrogens is 233 g/mol. The predicted molar refractivity (Wildman–Crippen MR) is 61.5 cm³/mol. The van der Waals surface area contributed by atoms with E-state index in [1.165, 1.54) is 0 Å². The molecule has 0 saturated carbocycles. The van der Waals surface area contributed by atoms with Gasteiger partial charge in [0.05, 0.1) is 10.7 Å². The van der Waals surface area contributed by atoms with Crippen LogP contribution in [-0.4, -0.2) is 11.8 Å². The normalized spacial score (nSPS) is 22.1. The Bertz CT molecular complexity index is 508. The van der Waals surface area contributed by atoms with Crippen molar-refractivity contribution in [1.29, 1.82) is 0 Å². The molecule has 0 amide bonds. The minimum absolute atomic E-state index is 0.188. The maximum Gasteiger partial charge on any atom is 0.163 e. The van der Waals surface area contributed by atoms with Gasteiger partial charge in [0.1, 0.15) is 6.04 Å². The fourth-order valence-electron chi connectivity index (χ4n) is 2.14. The van der Waals surface area contributed by atoms with Crippen molar-refractivity contribution in [2.45, 2.75) is 12.5 Å². The summed E-state index contributed by atoms with van der Waals surface area (Å²) in [5.41, 5.74) is 2.80. The van der Waals surface area contributed by atoms with E-state index in [4.69, 9.17) is 23.2 Å². The van der Waals surface area contributed by atoms with Crippen molar-refractivity contribution in [1.82, 2.24) is 0 Å². The second-order valence-electron chi connectivity index (χ2n) is 3.72. The van der Waals surface area contributed by atoms with E-state index >= 15 is 0 Å². The number of fused-ring (bicyclic) bond motifs is 3. The molecule has 0 spiro atoms. The van der Waals surface area contributed by atoms with E-state index in [-0.39, 0.29) is 11.8 Å². The Balaban J connectivity index is 2.22. The van der Waals surface area contributed by atoms with Crippen LogP contribution in [0.3, 0.4) is 0 Å². The van der Waals surface area contributed by atoms with E-state index < -0.39 is 0 Å². The number of anilines is 1. The standard InChI is InChI=1S/C11H7Cl2NO/c12-5-3-7-6-1-2-9(15)11(6)14-10(7)8(13)4-5/h1,3-4,11,14H,2H2. The highest BCUT2D eigenvalue weighted by Gasteiger charge is 2.36. The number of Topliss-reactive ketones (excluding diaryl/α,β-unsaturated/α-hetero) is 1. The first-order valence-electron chi connectivity index (χ1n) is 4.65. The Morgan fingerprint density at radius 2 is 2.13 bits per heavy atom. The van der Waals surface area contributed by atoms with Gasteiger partial charge in [-0.05, 0) is 17.7 Å². The second-order valence-corrected chi connectivity index (χ2v) is 4.56. The van der Waals surface area contributed by atoms with E-state index in [0.29, 0.717) is 16.5 Å². The number of halogens is 2. The summed E-state index contributed by atoms with van der Waals surface area (Å²) in [6.45, 7) is 0. The quantitative estimate of drug-likeness (QED) is 0.754. The minimum atomic E-state index is -0.212. The van der Waals surface area contributed by atoms with E-state index in [1.54, 1.807) is 6.07 Å². The van der Waals surface area contributed by atoms with Crippen LogP contribution < -0.4 is 5.32 Å². The number of allylic oxidation sites excluding steroid dienone is 1. The zero-order chi connectivity index (χ0) is 10.6. The summed E-state index contributed by atoms with van der Waals surface area (Å²) in [6, 6.07) is 3.32. The molecule has 2 nitrogen and oxygen atoms in total. The average Bonchev–Trinajstić information content (AvgIpc) is 2.68. The highest BCUT2D eigenvalue weighted by Crippen LogP contribution is 2.44. The van der Waals surface area contributed by atoms with E-state index in [1.807, 2.05) is 12.1 Å². The van der Waals surface area contributed by atoms with Crippen LogP contribution in [0.1, 0.15) is 12.0 Å². The SMILES string of the molecule is O=C1CC=C2c3cc(Cl)cc(Cl)c3NC12. The molecule has 15 heavy (non-hydrogen) atoms. The lowest BCUT2D eigenvalue weighted by molar-refractivity contribution is -0.117. The summed E-state index contributed by atoms with van der Waals surface area (Å²) in [7, 11) is 0. The van der Waals surface area contributed by atoms with Gasteiger partial charge in [0, 0.05) is 17.0 Å². The van der Waals surface area contributed by atoms with Gasteiger partial charge in [-0.25, -0.2) is 0 Å². The van der Waals surface area contributed by atoms with Gasteiger partial charge in [-0.3, -0.25) is 4.79 Å². The molecule has 0 fully saturated rings. The van der Waals surface area contributed by atoms with Gasteiger partial charge >= 0.3 is 0 Å². The lowest BCUT2D eigenvalue weighted by Crippen LogP contribution is -2.21. The summed E-state index contributed by atoms with van der Waals surface area (Å²) in [5.74, 6) is 0.188. The molecule has 0 radical (unpaired) electrons. The molecule has 1 aliphatic carbocycles. The Labute approximate surface area is 96.9 Å². The summed E-state index contributed by atoms with van der Waals surface area (Å²) >= 11 is 12.0. The molecule has 1 N–H and O–H groups in total. The molecule has 4 heteroatoms. The van der Waals surface area contributed by atoms with Crippen molar-refractivity contribution in [3.8, 4) is 0 Å². The van der Waals surface area contributed by atoms with Crippen molar-refractivity contribution in [3.05, 3.63) is 33.8 Å². The van der Waals surface area contributed by atoms with Crippen LogP contribution in [0, 0.1) is 0 Å². The molecule has 1 atom stereocenters. The number of carbonyl (C=O) groups is 1. The molecule has 1 heterocycles. The Morgan fingerprint density at radius 1 is 1.33 bits per heavy atom. The monoisotopic (exact) mass is 239 g/mol. The largest absolute Gasteiger partial charge is 0.370 e. The molecule has 1 aliphatic heterocycles. The number of rotatable bonds is 0. The summed E-state index contributed by atoms with van der Waals surface area (Å²) in [5, 5.41) is 4.30. The third-order valence-corrected chi connectivity index (χ3v) is 3.33. The first-order chi connectivity index (χ1) is 7.16. The molecule has 0 bridgehead atoms. The number of carbonyl (C=O) groups excluding carboxylic acids is 1. The van der Waals surface area contributed by atoms with Gasteiger partial charge in [0.25, 0.3) is 0 Å². The van der Waals surface area contributed by atoms with Crippen molar-refractivity contribution < 1.29 is 4.79 Å². The van der Waals surface area contributed by atoms with Crippen molar-refractivity contribution in [2.75, 3.05) is 5.32 Å². The molecule has 1 unspecified atom stereocenters. The van der Waals surface area contributed by atoms with Crippen LogP contribution in [0.25, 0.3) is 5.57 Å². The predicted octanol–water partition coefficient (Wildman–Crippen LogP) is 3.14. The third-order valence-electron chi connectivity index (χ3n) is 2.81. The first-order valence-corrected chi connectivity index (χ1v) is 5.41. The highest BCUT2D eigenvalue weighted by atomic mass is 35.5. The van der Waals surface area contributed by atoms with Crippen LogP contribution in [0.2, 0.25) is 10.0 Å². The van der Waals surface area contributed by atoms with E-state index in [9.17, 15) is 4.79 Å². The number of benzene rings is 1. The number of nitrogens with one attached hydrogen (secondary N) is 1. The summed E-state index contributed by atoms with van der Waals surface area (Å²) in [4.78, 5) is 11.5. The fraction of sp³-hybridized carbons (Fsp3) is 0.182. The minimum Gasteiger partial charge on any atom is -0.370 e. The average molecular weight is 240 g/mol. The van der Waals surface area contributed by atoms with Gasteiger partial charge in [-0.2, -0.15) is 0 Å². The molecule has 0 aromatic heterocycles. The zero-order valence-corrected chi connectivity index (χ0v) is 9.19. The molecule has 1 aromatic carbocycles. The van der Waals surface area contributed by atoms with Crippen molar-refractivity contribution in [2.24, 2.45) is 0 Å². The topological polar surface area (TPSA) is 29.1 Å². The molecule has 3 rings (SSSR count). The summed E-state index contributed by atoms with van der Waals surface area (Å²) < 4.78 is 0. The zero-order valence-electron chi connectivity index (χ0n) is 7.68. The second kappa shape index (κ2) is 3.00. The smallest absolute Gasteiger partial charge is 0.163 e. The van der Waals surface area contributed by atoms with E-state index in [2.05, 4.69) is 5.32 Å². The van der Waals surface area contributed by atoms with Crippen molar-refractivity contribution in [3.63, 3.8) is 0 Å². The maximum atomic E-state index is 11.5. The van der Waals surface area contributed by atoms with Gasteiger partial charge in [-0.1, -0.05) is 29.3 Å². The van der Waals surface area contributed by atoms with Crippen molar-refractivity contribution >= 4 is 40.2 Å². The number of hydrogen-bond donors (Lipinski definition) is 1. The number of hydrogen-bond acceptors (Lipinski definition) is 2. The van der Waals surface area contributed by atoms with Crippen LogP contribution in [0.4, 0.5) is 5.69 Å². The van der Waals surface area contributed by atoms with Crippen LogP contribution >= 0.6 is 23.2 Å². The number of ketones is 1. The van der Waals surface area contributed by atoms with Crippen LogP contribution in [0.15, 0.2) is 18.2 Å². The molecular formula is C11H7Cl2NO. The molecule has 2 aliphatic rings. The van der Waals surface area contributed by atoms with Crippen LogP contribution in [0.5, 0.6) is 0 Å². The van der Waals surface area contributed by atoms with Crippen LogP contribution in [-0.2, 0) is 4.79 Å². The van der Waals surface area contributed by atoms with E-state index in [0.717, 1.165) is 16.8 Å². The Hall–Kier alpha value is -0.990. The van der Waals surface area contributed by atoms with Gasteiger partial charge in [0.2, 0.25) is 0 Å². The molecule has 0 saturated heterocycles. The van der Waals surface area contributed by atoms with Gasteiger partial charge in [0.15, 0.2) is 5.78 Å². The maximum absolute atomic E-state index is 11.5. The third kappa shape index (κ3) is 1.22. The molecule has 76 valence electrons. The van der Waals surface area contributed by atoms with Gasteiger partial charge in [-0.15, -0.1) is 0 Å². The lowest BCUT2D eigenvalue weighted by atomic mass is 10.1. The lowest BCUT2D eigenvalue weighted by Gasteiger charge is -2.05. The van der Waals surface area contributed by atoms with Gasteiger partial charge < -0.3 is 5.32 Å². The highest BCUT2D eigenvalue weighted by molar-refractivity contribution is 6.37.